The highest BCUT2D eigenvalue weighted by atomic mass is 79.9. The number of piperazine rings is 1. The average Bonchev–Trinajstić information content (AvgIpc) is 2.53. The van der Waals surface area contributed by atoms with Crippen molar-refractivity contribution in [3.8, 4) is 5.75 Å². The molecular weight excluding hydrogens is 334 g/mol. The maximum Gasteiger partial charge on any atom is 0.317 e. The number of nitrogens with zero attached hydrogens (tertiary/aromatic N) is 2. The molecular formula is C15H22BrN3O2. The van der Waals surface area contributed by atoms with Crippen LogP contribution in [0.15, 0.2) is 28.7 Å². The molecule has 0 aliphatic carbocycles. The van der Waals surface area contributed by atoms with Crippen molar-refractivity contribution in [2.45, 2.75) is 6.92 Å². The molecule has 116 valence electrons. The number of likely N-dealkylation sites (N-methyl/N-ethyl adjacent to an activating group) is 1. The Balaban J connectivity index is 1.62. The summed E-state index contributed by atoms with van der Waals surface area (Å²) in [5, 5.41) is 2.90. The van der Waals surface area contributed by atoms with Crippen molar-refractivity contribution in [2.24, 2.45) is 0 Å². The Hall–Kier alpha value is -1.27. The van der Waals surface area contributed by atoms with Crippen molar-refractivity contribution in [2.75, 3.05) is 45.9 Å². The van der Waals surface area contributed by atoms with Gasteiger partial charge in [0, 0.05) is 30.7 Å². The average molecular weight is 356 g/mol. The quantitative estimate of drug-likeness (QED) is 0.823. The number of carbonyl (C=O) groups excluding carboxylic acids is 1. The first-order chi connectivity index (χ1) is 10.2. The highest BCUT2D eigenvalue weighted by molar-refractivity contribution is 9.10. The second-order valence-corrected chi connectivity index (χ2v) is 5.87. The van der Waals surface area contributed by atoms with E-state index in [4.69, 9.17) is 4.74 Å². The minimum Gasteiger partial charge on any atom is -0.492 e. The second kappa shape index (κ2) is 8.24. The third-order valence-corrected chi connectivity index (χ3v) is 4.10. The maximum absolute atomic E-state index is 12.0. The minimum absolute atomic E-state index is 0.00478. The number of ether oxygens (including phenoxy) is 1. The molecule has 1 aromatic rings. The number of urea groups is 1. The monoisotopic (exact) mass is 355 g/mol. The molecule has 0 bridgehead atoms. The van der Waals surface area contributed by atoms with E-state index in [-0.39, 0.29) is 6.03 Å². The fourth-order valence-electron chi connectivity index (χ4n) is 2.24. The van der Waals surface area contributed by atoms with Gasteiger partial charge in [-0.1, -0.05) is 22.9 Å². The Bertz CT molecular complexity index is 445. The van der Waals surface area contributed by atoms with E-state index >= 15 is 0 Å². The van der Waals surface area contributed by atoms with Gasteiger partial charge in [-0.2, -0.15) is 0 Å². The van der Waals surface area contributed by atoms with Crippen molar-refractivity contribution in [3.05, 3.63) is 28.7 Å². The summed E-state index contributed by atoms with van der Waals surface area (Å²) in [6.07, 6.45) is 0. The summed E-state index contributed by atoms with van der Waals surface area (Å²) in [6, 6.07) is 7.67. The third-order valence-electron chi connectivity index (χ3n) is 3.57. The zero-order chi connectivity index (χ0) is 15.1. The number of nitrogens with one attached hydrogen (secondary N) is 1. The molecule has 21 heavy (non-hydrogen) atoms. The largest absolute Gasteiger partial charge is 0.492 e. The Morgan fingerprint density at radius 3 is 2.52 bits per heavy atom. The fourth-order valence-corrected chi connectivity index (χ4v) is 2.50. The highest BCUT2D eigenvalue weighted by Crippen LogP contribution is 2.15. The van der Waals surface area contributed by atoms with Gasteiger partial charge in [-0.15, -0.1) is 0 Å². The topological polar surface area (TPSA) is 44.8 Å². The molecule has 0 spiro atoms. The molecule has 2 rings (SSSR count). The Morgan fingerprint density at radius 1 is 1.24 bits per heavy atom. The fraction of sp³-hybridized carbons (Fsp3) is 0.533. The van der Waals surface area contributed by atoms with E-state index in [0.717, 1.165) is 42.9 Å². The molecule has 0 atom stereocenters. The van der Waals surface area contributed by atoms with Gasteiger partial charge in [-0.25, -0.2) is 4.79 Å². The van der Waals surface area contributed by atoms with Crippen LogP contribution < -0.4 is 10.1 Å². The predicted molar refractivity (Wildman–Crippen MR) is 86.7 cm³/mol. The standard InChI is InChI=1S/C15H22BrN3O2/c1-2-18-8-10-19(11-9-18)15(20)17-7-12-21-14-5-3-13(16)4-6-14/h3-6H,2,7-12H2,1H3,(H,17,20). The zero-order valence-electron chi connectivity index (χ0n) is 12.3. The minimum atomic E-state index is 0.00478. The number of benzene rings is 1. The second-order valence-electron chi connectivity index (χ2n) is 4.96. The Labute approximate surface area is 134 Å². The molecule has 1 saturated heterocycles. The van der Waals surface area contributed by atoms with Gasteiger partial charge < -0.3 is 19.9 Å². The van der Waals surface area contributed by atoms with Crippen molar-refractivity contribution in [1.82, 2.24) is 15.1 Å². The summed E-state index contributed by atoms with van der Waals surface area (Å²) in [6.45, 7) is 7.70. The zero-order valence-corrected chi connectivity index (χ0v) is 13.9. The lowest BCUT2D eigenvalue weighted by Gasteiger charge is -2.33. The van der Waals surface area contributed by atoms with Crippen LogP contribution in [0.4, 0.5) is 4.79 Å². The molecule has 6 heteroatoms. The predicted octanol–water partition coefficient (Wildman–Crippen LogP) is 2.17. The van der Waals surface area contributed by atoms with Crippen LogP contribution in [-0.2, 0) is 0 Å². The maximum atomic E-state index is 12.0. The van der Waals surface area contributed by atoms with Crippen molar-refractivity contribution in [3.63, 3.8) is 0 Å². The van der Waals surface area contributed by atoms with Crippen molar-refractivity contribution >= 4 is 22.0 Å². The molecule has 0 saturated carbocycles. The Morgan fingerprint density at radius 2 is 1.90 bits per heavy atom. The van der Waals surface area contributed by atoms with Crippen LogP contribution in [0.1, 0.15) is 6.92 Å². The number of hydrogen-bond acceptors (Lipinski definition) is 3. The summed E-state index contributed by atoms with van der Waals surface area (Å²) in [7, 11) is 0. The van der Waals surface area contributed by atoms with Gasteiger partial charge in [0.1, 0.15) is 12.4 Å². The number of hydrogen-bond donors (Lipinski definition) is 1. The summed E-state index contributed by atoms with van der Waals surface area (Å²) in [5.41, 5.74) is 0. The first-order valence-electron chi connectivity index (χ1n) is 7.32. The van der Waals surface area contributed by atoms with Crippen LogP contribution in [0.2, 0.25) is 0 Å². The summed E-state index contributed by atoms with van der Waals surface area (Å²) in [5.74, 6) is 0.809. The van der Waals surface area contributed by atoms with E-state index in [9.17, 15) is 4.79 Å². The van der Waals surface area contributed by atoms with Gasteiger partial charge in [-0.05, 0) is 30.8 Å². The smallest absolute Gasteiger partial charge is 0.317 e. The molecule has 1 N–H and O–H groups in total. The van der Waals surface area contributed by atoms with E-state index in [1.807, 2.05) is 29.2 Å². The van der Waals surface area contributed by atoms with Crippen LogP contribution in [0.5, 0.6) is 5.75 Å². The SMILES string of the molecule is CCN1CCN(C(=O)NCCOc2ccc(Br)cc2)CC1. The third kappa shape index (κ3) is 5.21. The summed E-state index contributed by atoms with van der Waals surface area (Å²) in [4.78, 5) is 16.2. The van der Waals surface area contributed by atoms with E-state index in [1.54, 1.807) is 0 Å². The number of halogens is 1. The van der Waals surface area contributed by atoms with E-state index < -0.39 is 0 Å². The van der Waals surface area contributed by atoms with Gasteiger partial charge in [0.2, 0.25) is 0 Å². The number of rotatable bonds is 5. The van der Waals surface area contributed by atoms with Gasteiger partial charge in [0.05, 0.1) is 6.54 Å². The molecule has 2 amide bonds. The first-order valence-corrected chi connectivity index (χ1v) is 8.12. The number of amides is 2. The summed E-state index contributed by atoms with van der Waals surface area (Å²) < 4.78 is 6.59. The van der Waals surface area contributed by atoms with E-state index in [0.29, 0.717) is 13.2 Å². The molecule has 1 aliphatic heterocycles. The van der Waals surface area contributed by atoms with Gasteiger partial charge in [0.25, 0.3) is 0 Å². The number of carbonyl (C=O) groups is 1. The molecule has 1 aromatic carbocycles. The molecule has 0 radical (unpaired) electrons. The normalized spacial score (nSPS) is 15.8. The van der Waals surface area contributed by atoms with E-state index in [2.05, 4.69) is 33.1 Å². The molecule has 1 heterocycles. The molecule has 1 fully saturated rings. The van der Waals surface area contributed by atoms with Crippen molar-refractivity contribution < 1.29 is 9.53 Å². The van der Waals surface area contributed by atoms with Crippen LogP contribution in [-0.4, -0.2) is 61.7 Å². The lowest BCUT2D eigenvalue weighted by atomic mass is 10.3. The van der Waals surface area contributed by atoms with Crippen LogP contribution >= 0.6 is 15.9 Å². The molecule has 1 aliphatic rings. The molecule has 5 nitrogen and oxygen atoms in total. The van der Waals surface area contributed by atoms with Crippen LogP contribution in [0, 0.1) is 0 Å². The van der Waals surface area contributed by atoms with Crippen molar-refractivity contribution in [1.29, 1.82) is 0 Å². The van der Waals surface area contributed by atoms with E-state index in [1.165, 1.54) is 0 Å². The van der Waals surface area contributed by atoms with Gasteiger partial charge in [0.15, 0.2) is 0 Å². The summed E-state index contributed by atoms with van der Waals surface area (Å²) >= 11 is 3.38. The lowest BCUT2D eigenvalue weighted by molar-refractivity contribution is 0.142. The Kier molecular flexibility index (Phi) is 6.32. The molecule has 0 aromatic heterocycles. The highest BCUT2D eigenvalue weighted by Gasteiger charge is 2.19. The van der Waals surface area contributed by atoms with Crippen LogP contribution in [0.3, 0.4) is 0 Å². The van der Waals surface area contributed by atoms with Crippen LogP contribution in [0.25, 0.3) is 0 Å². The lowest BCUT2D eigenvalue weighted by Crippen LogP contribution is -2.52. The van der Waals surface area contributed by atoms with Gasteiger partial charge in [-0.3, -0.25) is 0 Å². The van der Waals surface area contributed by atoms with Gasteiger partial charge >= 0.3 is 6.03 Å². The first kappa shape index (κ1) is 16.1. The molecule has 0 unspecified atom stereocenters.